The Morgan fingerprint density at radius 1 is 0.730 bits per heavy atom. The van der Waals surface area contributed by atoms with Crippen molar-refractivity contribution in [3.8, 4) is 0 Å². The van der Waals surface area contributed by atoms with Crippen LogP contribution in [0, 0.1) is 29.3 Å². The van der Waals surface area contributed by atoms with Crippen LogP contribution in [0.5, 0.6) is 0 Å². The molecular formula is C34H45F3. The van der Waals surface area contributed by atoms with Crippen LogP contribution in [0.1, 0.15) is 125 Å². The lowest BCUT2D eigenvalue weighted by Gasteiger charge is -2.29. The lowest BCUT2D eigenvalue weighted by molar-refractivity contribution is 0.308. The molecule has 1 atom stereocenters. The van der Waals surface area contributed by atoms with Crippen LogP contribution in [0.25, 0.3) is 5.57 Å². The number of allylic oxidation sites excluding steroid dienone is 2. The quantitative estimate of drug-likeness (QED) is 0.264. The largest absolute Gasteiger partial charge is 0.207 e. The van der Waals surface area contributed by atoms with Crippen LogP contribution >= 0.6 is 0 Å². The topological polar surface area (TPSA) is 0 Å². The third kappa shape index (κ3) is 7.30. The van der Waals surface area contributed by atoms with Crippen molar-refractivity contribution in [3.05, 3.63) is 76.1 Å². The summed E-state index contributed by atoms with van der Waals surface area (Å²) in [7, 11) is 0. The number of hydrogen-bond acceptors (Lipinski definition) is 0. The molecule has 0 N–H and O–H groups in total. The maximum absolute atomic E-state index is 15.0. The van der Waals surface area contributed by atoms with Crippen LogP contribution in [0.15, 0.2) is 36.4 Å². The fourth-order valence-corrected chi connectivity index (χ4v) is 6.56. The molecule has 0 spiro atoms. The van der Waals surface area contributed by atoms with Crippen LogP contribution in [0.4, 0.5) is 13.2 Å². The second kappa shape index (κ2) is 13.7. The second-order valence-electron chi connectivity index (χ2n) is 11.6. The van der Waals surface area contributed by atoms with Crippen molar-refractivity contribution in [2.45, 2.75) is 116 Å². The van der Waals surface area contributed by atoms with E-state index in [0.29, 0.717) is 35.3 Å². The van der Waals surface area contributed by atoms with E-state index in [2.05, 4.69) is 26.0 Å². The molecule has 2 aliphatic rings. The van der Waals surface area contributed by atoms with E-state index in [9.17, 15) is 13.2 Å². The van der Waals surface area contributed by atoms with Gasteiger partial charge in [-0.2, -0.15) is 0 Å². The molecule has 0 aliphatic heterocycles. The van der Waals surface area contributed by atoms with Gasteiger partial charge in [0.15, 0.2) is 11.6 Å². The smallest absolute Gasteiger partial charge is 0.166 e. The summed E-state index contributed by atoms with van der Waals surface area (Å²) in [4.78, 5) is 0. The molecule has 0 nitrogen and oxygen atoms in total. The Morgan fingerprint density at radius 2 is 1.51 bits per heavy atom. The molecule has 0 saturated heterocycles. The summed E-state index contributed by atoms with van der Waals surface area (Å²) in [5, 5.41) is 0. The molecule has 1 fully saturated rings. The molecular weight excluding hydrogens is 465 g/mol. The Morgan fingerprint density at radius 3 is 2.19 bits per heavy atom. The molecule has 4 rings (SSSR count). The molecule has 0 amide bonds. The molecule has 2 aromatic rings. The van der Waals surface area contributed by atoms with Crippen LogP contribution in [-0.2, 0) is 12.8 Å². The minimum absolute atomic E-state index is 0.0542. The molecule has 1 unspecified atom stereocenters. The van der Waals surface area contributed by atoms with Gasteiger partial charge in [-0.05, 0) is 117 Å². The SMILES string of the molecule is CCCCCc1ccc(C2CCC(CCc3ccc(C4=CCC(CCC)CC4)c(F)c3F)CC2)cc1F. The maximum Gasteiger partial charge on any atom is 0.166 e. The van der Waals surface area contributed by atoms with Crippen molar-refractivity contribution < 1.29 is 13.2 Å². The number of benzene rings is 2. The normalized spacial score (nSPS) is 22.2. The summed E-state index contributed by atoms with van der Waals surface area (Å²) < 4.78 is 44.6. The highest BCUT2D eigenvalue weighted by Crippen LogP contribution is 2.39. The van der Waals surface area contributed by atoms with Gasteiger partial charge in [0.2, 0.25) is 0 Å². The molecule has 0 bridgehead atoms. The van der Waals surface area contributed by atoms with Gasteiger partial charge in [-0.25, -0.2) is 13.2 Å². The zero-order valence-corrected chi connectivity index (χ0v) is 22.9. The zero-order chi connectivity index (χ0) is 26.2. The van der Waals surface area contributed by atoms with E-state index in [4.69, 9.17) is 0 Å². The van der Waals surface area contributed by atoms with Gasteiger partial charge in [0.1, 0.15) is 5.82 Å². The van der Waals surface area contributed by atoms with Crippen LogP contribution in [0.2, 0.25) is 0 Å². The number of unbranched alkanes of at least 4 members (excludes halogenated alkanes) is 2. The first-order valence-electron chi connectivity index (χ1n) is 14.9. The van der Waals surface area contributed by atoms with Gasteiger partial charge in [0.05, 0.1) is 0 Å². The average molecular weight is 511 g/mol. The first-order chi connectivity index (χ1) is 18.0. The zero-order valence-electron chi connectivity index (χ0n) is 22.9. The number of halogens is 3. The van der Waals surface area contributed by atoms with Gasteiger partial charge in [-0.15, -0.1) is 0 Å². The molecule has 2 aliphatic carbocycles. The van der Waals surface area contributed by atoms with E-state index in [-0.39, 0.29) is 5.82 Å². The molecule has 0 heterocycles. The van der Waals surface area contributed by atoms with E-state index in [1.54, 1.807) is 12.1 Å². The standard InChI is InChI=1S/C34H45F3/c1-3-5-6-8-28-19-20-30(23-32(28)35)26-14-9-25(10-15-26)13-18-29-21-22-31(34(37)33(29)36)27-16-11-24(7-4-2)12-17-27/h16,19-26H,3-15,17-18H2,1-2H3. The van der Waals surface area contributed by atoms with Gasteiger partial charge >= 0.3 is 0 Å². The molecule has 2 aromatic carbocycles. The van der Waals surface area contributed by atoms with Crippen LogP contribution in [-0.4, -0.2) is 0 Å². The fourth-order valence-electron chi connectivity index (χ4n) is 6.56. The van der Waals surface area contributed by atoms with Crippen molar-refractivity contribution in [1.29, 1.82) is 0 Å². The van der Waals surface area contributed by atoms with E-state index >= 15 is 0 Å². The molecule has 1 saturated carbocycles. The number of aryl methyl sites for hydroxylation is 2. The number of hydrogen-bond donors (Lipinski definition) is 0. The highest BCUT2D eigenvalue weighted by molar-refractivity contribution is 5.67. The second-order valence-corrected chi connectivity index (χ2v) is 11.6. The van der Waals surface area contributed by atoms with Gasteiger partial charge < -0.3 is 0 Å². The van der Waals surface area contributed by atoms with Gasteiger partial charge in [0.25, 0.3) is 0 Å². The van der Waals surface area contributed by atoms with E-state index in [1.165, 1.54) is 12.8 Å². The minimum atomic E-state index is -0.665. The molecule has 37 heavy (non-hydrogen) atoms. The van der Waals surface area contributed by atoms with Crippen molar-refractivity contribution in [2.24, 2.45) is 11.8 Å². The predicted molar refractivity (Wildman–Crippen MR) is 149 cm³/mol. The monoisotopic (exact) mass is 510 g/mol. The van der Waals surface area contributed by atoms with Crippen LogP contribution in [0.3, 0.4) is 0 Å². The van der Waals surface area contributed by atoms with Crippen molar-refractivity contribution >= 4 is 5.57 Å². The van der Waals surface area contributed by atoms with Crippen molar-refractivity contribution in [3.63, 3.8) is 0 Å². The highest BCUT2D eigenvalue weighted by atomic mass is 19.2. The first kappa shape index (κ1) is 28.0. The van der Waals surface area contributed by atoms with Crippen LogP contribution < -0.4 is 0 Å². The van der Waals surface area contributed by atoms with Gasteiger partial charge in [0, 0.05) is 5.56 Å². The first-order valence-corrected chi connectivity index (χ1v) is 14.9. The van der Waals surface area contributed by atoms with E-state index in [0.717, 1.165) is 93.7 Å². The van der Waals surface area contributed by atoms with Crippen molar-refractivity contribution in [1.82, 2.24) is 0 Å². The summed E-state index contributed by atoms with van der Waals surface area (Å²) in [6.07, 6.45) is 17.3. The maximum atomic E-state index is 15.0. The minimum Gasteiger partial charge on any atom is -0.207 e. The van der Waals surface area contributed by atoms with E-state index in [1.807, 2.05) is 12.1 Å². The Bertz CT molecular complexity index is 1050. The Labute approximate surface area is 222 Å². The number of rotatable bonds is 11. The Hall–Kier alpha value is -2.03. The predicted octanol–water partition coefficient (Wildman–Crippen LogP) is 10.7. The summed E-state index contributed by atoms with van der Waals surface area (Å²) >= 11 is 0. The molecule has 202 valence electrons. The summed E-state index contributed by atoms with van der Waals surface area (Å²) in [6.45, 7) is 4.37. The fraction of sp³-hybridized carbons (Fsp3) is 0.588. The third-order valence-electron chi connectivity index (χ3n) is 8.99. The van der Waals surface area contributed by atoms with Gasteiger partial charge in [-0.1, -0.05) is 69.9 Å². The summed E-state index contributed by atoms with van der Waals surface area (Å²) in [5.74, 6) is 0.239. The van der Waals surface area contributed by atoms with Crippen molar-refractivity contribution in [2.75, 3.05) is 0 Å². The summed E-state index contributed by atoms with van der Waals surface area (Å²) in [5.41, 5.74) is 3.90. The Balaban J connectivity index is 1.28. The Kier molecular flexibility index (Phi) is 10.3. The highest BCUT2D eigenvalue weighted by Gasteiger charge is 2.24. The lowest BCUT2D eigenvalue weighted by Crippen LogP contribution is -2.15. The lowest BCUT2D eigenvalue weighted by atomic mass is 9.76. The van der Waals surface area contributed by atoms with Gasteiger partial charge in [-0.3, -0.25) is 0 Å². The third-order valence-corrected chi connectivity index (χ3v) is 8.99. The molecule has 3 heteroatoms. The summed E-state index contributed by atoms with van der Waals surface area (Å²) in [6, 6.07) is 9.49. The molecule has 0 radical (unpaired) electrons. The average Bonchev–Trinajstić information content (AvgIpc) is 2.92. The van der Waals surface area contributed by atoms with E-state index < -0.39 is 11.6 Å². The molecule has 0 aromatic heterocycles.